The maximum atomic E-state index is 2.68. The van der Waals surface area contributed by atoms with Crippen LogP contribution in [-0.2, 0) is 70.6 Å². The molecule has 6 aliphatic carbocycles. The molecule has 0 radical (unpaired) electrons. The lowest BCUT2D eigenvalue weighted by molar-refractivity contribution is 0.685. The molecule has 0 aliphatic heterocycles. The first-order valence-electron chi connectivity index (χ1n) is 24.7. The highest BCUT2D eigenvalue weighted by Crippen LogP contribution is 2.53. The molecule has 0 heterocycles. The molecule has 0 bridgehead atoms. The minimum absolute atomic E-state index is 0.541. The van der Waals surface area contributed by atoms with Gasteiger partial charge >= 0.3 is 0 Å². The van der Waals surface area contributed by atoms with Crippen molar-refractivity contribution >= 4 is 42.2 Å². The van der Waals surface area contributed by atoms with Crippen LogP contribution < -0.4 is 9.80 Å². The topological polar surface area (TPSA) is 6.48 Å². The SMILES string of the molecule is C[Si-](C)(C)C1Cc2cc(N(c3ccc4c(c3)CCCC4)c3ccc4c(c3)CCCC4)cc3c2-c2c(cc(N(c4ccc5c(c4)CCCC5)c4ccc5c(c4)CCCC5)cc21)CC3. The second kappa shape index (κ2) is 15.4. The number of hydrogen-bond donors (Lipinski definition) is 0. The van der Waals surface area contributed by atoms with E-state index in [0.717, 1.165) is 19.3 Å². The minimum atomic E-state index is -1.69. The predicted molar refractivity (Wildman–Crippen MR) is 265 cm³/mol. The van der Waals surface area contributed by atoms with Crippen molar-refractivity contribution < 1.29 is 0 Å². The summed E-state index contributed by atoms with van der Waals surface area (Å²) in [4.78, 5) is 5.30. The summed E-state index contributed by atoms with van der Waals surface area (Å²) in [7, 11) is -1.69. The van der Waals surface area contributed by atoms with Crippen molar-refractivity contribution in [2.24, 2.45) is 0 Å². The van der Waals surface area contributed by atoms with E-state index in [1.165, 1.54) is 137 Å². The lowest BCUT2D eigenvalue weighted by Gasteiger charge is -2.46. The van der Waals surface area contributed by atoms with Gasteiger partial charge in [0.2, 0.25) is 0 Å². The van der Waals surface area contributed by atoms with Gasteiger partial charge in [0, 0.05) is 34.1 Å². The van der Waals surface area contributed by atoms with Gasteiger partial charge in [-0.15, -0.1) is 13.6 Å². The molecule has 0 aromatic heterocycles. The maximum absolute atomic E-state index is 2.68. The fourth-order valence-corrected chi connectivity index (χ4v) is 14.9. The molecular formula is C59H64N2Si-. The molecule has 0 spiro atoms. The van der Waals surface area contributed by atoms with E-state index in [2.05, 4.69) is 127 Å². The maximum Gasteiger partial charge on any atom is 0.0467 e. The Hall–Kier alpha value is -4.86. The summed E-state index contributed by atoms with van der Waals surface area (Å²) >= 11 is 0. The minimum Gasteiger partial charge on any atom is -0.310 e. The standard InChI is InChI=1S/C59H64N2Si/c1-62(2,3)57-37-49-36-54(60(50-26-22-39-12-4-8-16-43(39)30-50)51-27-23-40-13-5-9-17-44(40)31-51)34-47-20-21-48-35-55(38-56(57)59(48)58(47)49)61(52-28-24-41-14-6-10-18-45(41)32-52)53-29-25-42-15-7-11-19-46(42)33-53/h22-36,38,57H,4-21,37H2,1-3H3/q-1. The van der Waals surface area contributed by atoms with Crippen LogP contribution in [0.2, 0.25) is 19.6 Å². The zero-order chi connectivity index (χ0) is 41.5. The Labute approximate surface area is 372 Å². The van der Waals surface area contributed by atoms with Gasteiger partial charge in [-0.2, -0.15) is 19.6 Å². The smallest absolute Gasteiger partial charge is 0.0467 e. The van der Waals surface area contributed by atoms with Crippen molar-refractivity contribution in [1.29, 1.82) is 0 Å². The van der Waals surface area contributed by atoms with Crippen molar-refractivity contribution in [1.82, 2.24) is 0 Å². The monoisotopic (exact) mass is 828 g/mol. The van der Waals surface area contributed by atoms with E-state index < -0.39 is 8.07 Å². The molecule has 1 unspecified atom stereocenters. The Bertz CT molecular complexity index is 2630. The van der Waals surface area contributed by atoms with Gasteiger partial charge in [-0.05, 0) is 267 Å². The molecule has 0 saturated heterocycles. The van der Waals surface area contributed by atoms with E-state index in [0.29, 0.717) is 5.54 Å². The van der Waals surface area contributed by atoms with Gasteiger partial charge in [-0.3, -0.25) is 0 Å². The summed E-state index contributed by atoms with van der Waals surface area (Å²) in [5.74, 6) is 0. The second-order valence-electron chi connectivity index (χ2n) is 21.1. The van der Waals surface area contributed by atoms with Crippen LogP contribution in [0.3, 0.4) is 0 Å². The molecule has 62 heavy (non-hydrogen) atoms. The first kappa shape index (κ1) is 38.8. The molecule has 6 aromatic rings. The fraction of sp³-hybridized carbons (Fsp3) is 0.390. The third-order valence-electron chi connectivity index (χ3n) is 16.2. The molecule has 0 amide bonds. The molecule has 0 fully saturated rings. The molecule has 12 rings (SSSR count). The van der Waals surface area contributed by atoms with Crippen molar-refractivity contribution in [2.75, 3.05) is 9.80 Å². The Morgan fingerprint density at radius 2 is 0.645 bits per heavy atom. The Morgan fingerprint density at radius 3 is 1.03 bits per heavy atom. The number of nitrogens with zero attached hydrogens (tertiary/aromatic N) is 2. The summed E-state index contributed by atoms with van der Waals surface area (Å²) in [6.07, 6.45) is 23.5. The van der Waals surface area contributed by atoms with Gasteiger partial charge in [-0.25, -0.2) is 0 Å². The number of anilines is 6. The molecule has 0 saturated carbocycles. The van der Waals surface area contributed by atoms with E-state index in [4.69, 9.17) is 0 Å². The first-order valence-corrected chi connectivity index (χ1v) is 28.3. The number of rotatable bonds is 7. The molecule has 0 N–H and O–H groups in total. The van der Waals surface area contributed by atoms with Crippen LogP contribution in [-0.4, -0.2) is 8.07 Å². The van der Waals surface area contributed by atoms with Crippen LogP contribution in [0, 0.1) is 0 Å². The lowest BCUT2D eigenvalue weighted by atomic mass is 9.74. The quantitative estimate of drug-likeness (QED) is 0.148. The van der Waals surface area contributed by atoms with Gasteiger partial charge in [-0.1, -0.05) is 29.8 Å². The van der Waals surface area contributed by atoms with Crippen LogP contribution in [0.15, 0.2) is 97.1 Å². The average Bonchev–Trinajstić information content (AvgIpc) is 3.30. The van der Waals surface area contributed by atoms with E-state index in [1.54, 1.807) is 77.9 Å². The molecule has 1 atom stereocenters. The normalized spacial score (nSPS) is 18.5. The van der Waals surface area contributed by atoms with Crippen LogP contribution in [0.1, 0.15) is 124 Å². The van der Waals surface area contributed by atoms with Crippen LogP contribution in [0.5, 0.6) is 0 Å². The van der Waals surface area contributed by atoms with Gasteiger partial charge in [0.1, 0.15) is 0 Å². The van der Waals surface area contributed by atoms with Gasteiger partial charge in [0.25, 0.3) is 0 Å². The van der Waals surface area contributed by atoms with Crippen molar-refractivity contribution in [3.63, 3.8) is 0 Å². The lowest BCUT2D eigenvalue weighted by Crippen LogP contribution is -2.36. The number of fused-ring (bicyclic) bond motifs is 4. The van der Waals surface area contributed by atoms with Crippen molar-refractivity contribution in [3.8, 4) is 11.1 Å². The van der Waals surface area contributed by atoms with Gasteiger partial charge in [0.15, 0.2) is 0 Å². The molecule has 315 valence electrons. The Morgan fingerprint density at radius 1 is 0.323 bits per heavy atom. The number of hydrogen-bond acceptors (Lipinski definition) is 2. The second-order valence-corrected chi connectivity index (χ2v) is 26.6. The zero-order valence-corrected chi connectivity index (χ0v) is 38.6. The fourth-order valence-electron chi connectivity index (χ4n) is 12.9. The highest BCUT2D eigenvalue weighted by Gasteiger charge is 2.35. The van der Waals surface area contributed by atoms with Crippen molar-refractivity contribution in [2.45, 2.75) is 147 Å². The summed E-state index contributed by atoms with van der Waals surface area (Å²) in [6, 6.07) is 40.4. The van der Waals surface area contributed by atoms with Gasteiger partial charge in [0.05, 0.1) is 0 Å². The van der Waals surface area contributed by atoms with Gasteiger partial charge < -0.3 is 9.80 Å². The Kier molecular flexibility index (Phi) is 9.66. The summed E-state index contributed by atoms with van der Waals surface area (Å²) in [6.45, 7) is 7.89. The summed E-state index contributed by atoms with van der Waals surface area (Å²) in [5, 5.41) is 0. The van der Waals surface area contributed by atoms with Crippen LogP contribution in [0.25, 0.3) is 11.1 Å². The molecular weight excluding hydrogens is 765 g/mol. The van der Waals surface area contributed by atoms with Crippen LogP contribution in [0.4, 0.5) is 34.1 Å². The van der Waals surface area contributed by atoms with E-state index in [1.807, 2.05) is 0 Å². The Balaban J connectivity index is 1.02. The third-order valence-corrected chi connectivity index (χ3v) is 18.8. The largest absolute Gasteiger partial charge is 0.310 e. The number of aryl methyl sites for hydroxylation is 10. The molecule has 6 aromatic carbocycles. The van der Waals surface area contributed by atoms with E-state index in [-0.39, 0.29) is 0 Å². The third kappa shape index (κ3) is 6.80. The molecule has 6 aliphatic rings. The van der Waals surface area contributed by atoms with Crippen molar-refractivity contribution in [3.05, 3.63) is 164 Å². The highest BCUT2D eigenvalue weighted by atomic mass is 28.3. The molecule has 2 nitrogen and oxygen atoms in total. The summed E-state index contributed by atoms with van der Waals surface area (Å²) in [5.41, 5.74) is 30.5. The first-order chi connectivity index (χ1) is 30.3. The van der Waals surface area contributed by atoms with E-state index >= 15 is 0 Å². The summed E-state index contributed by atoms with van der Waals surface area (Å²) < 4.78 is 0. The molecule has 3 heteroatoms. The predicted octanol–water partition coefficient (Wildman–Crippen LogP) is 15.4. The highest BCUT2D eigenvalue weighted by molar-refractivity contribution is 6.77. The van der Waals surface area contributed by atoms with Crippen LogP contribution >= 0.6 is 0 Å². The van der Waals surface area contributed by atoms with E-state index in [9.17, 15) is 0 Å². The number of benzene rings is 6. The average molecular weight is 829 g/mol. The zero-order valence-electron chi connectivity index (χ0n) is 37.6.